The summed E-state index contributed by atoms with van der Waals surface area (Å²) in [4.78, 5) is 8.24. The highest BCUT2D eigenvalue weighted by atomic mass is 16.5. The van der Waals surface area contributed by atoms with E-state index in [4.69, 9.17) is 9.47 Å². The number of methoxy groups -OCH3 is 1. The predicted molar refractivity (Wildman–Crippen MR) is 72.1 cm³/mol. The molecule has 1 aromatic heterocycles. The molecule has 0 aliphatic rings. The van der Waals surface area contributed by atoms with E-state index in [0.29, 0.717) is 12.0 Å². The van der Waals surface area contributed by atoms with Gasteiger partial charge in [-0.05, 0) is 33.6 Å². The van der Waals surface area contributed by atoms with E-state index in [1.807, 2.05) is 6.92 Å². The lowest BCUT2D eigenvalue weighted by atomic mass is 10.3. The molecule has 1 aromatic rings. The summed E-state index contributed by atoms with van der Waals surface area (Å²) in [5.41, 5.74) is 0.943. The molecule has 0 amide bonds. The lowest BCUT2D eigenvalue weighted by molar-refractivity contribution is 0.0765. The highest BCUT2D eigenvalue weighted by Crippen LogP contribution is 2.19. The van der Waals surface area contributed by atoms with Crippen LogP contribution in [-0.2, 0) is 4.74 Å². The molecule has 0 aliphatic heterocycles. The van der Waals surface area contributed by atoms with E-state index in [1.165, 1.54) is 6.33 Å². The van der Waals surface area contributed by atoms with Gasteiger partial charge in [-0.2, -0.15) is 0 Å². The summed E-state index contributed by atoms with van der Waals surface area (Å²) >= 11 is 0. The maximum atomic E-state index is 5.48. The molecular formula is C13H23N3O2. The zero-order valence-corrected chi connectivity index (χ0v) is 11.7. The molecular weight excluding hydrogens is 230 g/mol. The van der Waals surface area contributed by atoms with Crippen LogP contribution in [0.25, 0.3) is 0 Å². The highest BCUT2D eigenvalue weighted by Gasteiger charge is 2.05. The number of anilines is 1. The average Bonchev–Trinajstić information content (AvgIpc) is 2.35. The van der Waals surface area contributed by atoms with Gasteiger partial charge in [-0.3, -0.25) is 0 Å². The van der Waals surface area contributed by atoms with Crippen LogP contribution in [0.4, 0.5) is 5.82 Å². The maximum Gasteiger partial charge on any atom is 0.221 e. The number of hydrogen-bond donors (Lipinski definition) is 1. The van der Waals surface area contributed by atoms with Crippen molar-refractivity contribution >= 4 is 5.82 Å². The van der Waals surface area contributed by atoms with Gasteiger partial charge < -0.3 is 14.8 Å². The van der Waals surface area contributed by atoms with Crippen LogP contribution >= 0.6 is 0 Å². The largest absolute Gasteiger partial charge is 0.481 e. The summed E-state index contributed by atoms with van der Waals surface area (Å²) in [5.74, 6) is 1.46. The van der Waals surface area contributed by atoms with Crippen molar-refractivity contribution in [3.63, 3.8) is 0 Å². The Bertz CT molecular complexity index is 356. The van der Waals surface area contributed by atoms with Gasteiger partial charge in [0.15, 0.2) is 0 Å². The van der Waals surface area contributed by atoms with Crippen LogP contribution < -0.4 is 10.1 Å². The Labute approximate surface area is 109 Å². The van der Waals surface area contributed by atoms with Gasteiger partial charge in [0.25, 0.3) is 0 Å². The van der Waals surface area contributed by atoms with E-state index in [2.05, 4.69) is 29.1 Å². The molecule has 0 spiro atoms. The summed E-state index contributed by atoms with van der Waals surface area (Å²) in [6.07, 6.45) is 3.92. The SMILES string of the molecule is COc1ncnc(NCCCCOC(C)C)c1C. The van der Waals surface area contributed by atoms with E-state index in [9.17, 15) is 0 Å². The molecule has 0 saturated carbocycles. The second-order valence-electron chi connectivity index (χ2n) is 4.41. The Kier molecular flexibility index (Phi) is 6.43. The number of aromatic nitrogens is 2. The fourth-order valence-electron chi connectivity index (χ4n) is 1.57. The van der Waals surface area contributed by atoms with Crippen molar-refractivity contribution in [2.75, 3.05) is 25.6 Å². The molecule has 5 heteroatoms. The normalized spacial score (nSPS) is 10.7. The topological polar surface area (TPSA) is 56.3 Å². The summed E-state index contributed by atoms with van der Waals surface area (Å²) in [6.45, 7) is 7.74. The molecule has 1 heterocycles. The smallest absolute Gasteiger partial charge is 0.221 e. The van der Waals surface area contributed by atoms with E-state index >= 15 is 0 Å². The average molecular weight is 253 g/mol. The van der Waals surface area contributed by atoms with Crippen LogP contribution in [-0.4, -0.2) is 36.3 Å². The minimum atomic E-state index is 0.311. The van der Waals surface area contributed by atoms with Gasteiger partial charge in [0.2, 0.25) is 5.88 Å². The number of nitrogens with zero attached hydrogens (tertiary/aromatic N) is 2. The minimum Gasteiger partial charge on any atom is -0.481 e. The van der Waals surface area contributed by atoms with Crippen molar-refractivity contribution in [2.24, 2.45) is 0 Å². The van der Waals surface area contributed by atoms with Crippen molar-refractivity contribution in [1.82, 2.24) is 9.97 Å². The zero-order valence-electron chi connectivity index (χ0n) is 11.7. The summed E-state index contributed by atoms with van der Waals surface area (Å²) < 4.78 is 10.6. The van der Waals surface area contributed by atoms with E-state index in [1.54, 1.807) is 7.11 Å². The molecule has 0 atom stereocenters. The summed E-state index contributed by atoms with van der Waals surface area (Å²) in [7, 11) is 1.61. The second kappa shape index (κ2) is 7.87. The Morgan fingerprint density at radius 1 is 1.28 bits per heavy atom. The fourth-order valence-corrected chi connectivity index (χ4v) is 1.57. The van der Waals surface area contributed by atoms with Crippen LogP contribution in [0.3, 0.4) is 0 Å². The third kappa shape index (κ3) is 4.87. The van der Waals surface area contributed by atoms with E-state index in [-0.39, 0.29) is 0 Å². The predicted octanol–water partition coefficient (Wildman–Crippen LogP) is 2.41. The third-order valence-electron chi connectivity index (χ3n) is 2.55. The Morgan fingerprint density at radius 3 is 2.72 bits per heavy atom. The maximum absolute atomic E-state index is 5.48. The molecule has 1 N–H and O–H groups in total. The van der Waals surface area contributed by atoms with Gasteiger partial charge in [-0.25, -0.2) is 9.97 Å². The summed E-state index contributed by atoms with van der Waals surface area (Å²) in [5, 5.41) is 3.29. The van der Waals surface area contributed by atoms with Gasteiger partial charge in [0.05, 0.1) is 18.8 Å². The van der Waals surface area contributed by atoms with Gasteiger partial charge in [-0.15, -0.1) is 0 Å². The lowest BCUT2D eigenvalue weighted by Gasteiger charge is -2.11. The van der Waals surface area contributed by atoms with Crippen LogP contribution in [0.5, 0.6) is 5.88 Å². The Morgan fingerprint density at radius 2 is 2.06 bits per heavy atom. The van der Waals surface area contributed by atoms with Crippen molar-refractivity contribution in [3.8, 4) is 5.88 Å². The first-order valence-corrected chi connectivity index (χ1v) is 6.36. The van der Waals surface area contributed by atoms with E-state index < -0.39 is 0 Å². The molecule has 0 unspecified atom stereocenters. The molecule has 5 nitrogen and oxygen atoms in total. The molecule has 0 saturated heterocycles. The number of unbranched alkanes of at least 4 members (excludes halogenated alkanes) is 1. The Hall–Kier alpha value is -1.36. The van der Waals surface area contributed by atoms with Crippen molar-refractivity contribution < 1.29 is 9.47 Å². The third-order valence-corrected chi connectivity index (χ3v) is 2.55. The number of nitrogens with one attached hydrogen (secondary N) is 1. The number of hydrogen-bond acceptors (Lipinski definition) is 5. The number of ether oxygens (including phenoxy) is 2. The van der Waals surface area contributed by atoms with Crippen LogP contribution in [0.15, 0.2) is 6.33 Å². The monoisotopic (exact) mass is 253 g/mol. The molecule has 0 radical (unpaired) electrons. The molecule has 102 valence electrons. The van der Waals surface area contributed by atoms with Crippen LogP contribution in [0.1, 0.15) is 32.3 Å². The lowest BCUT2D eigenvalue weighted by Crippen LogP contribution is -2.09. The van der Waals surface area contributed by atoms with Crippen molar-refractivity contribution in [3.05, 3.63) is 11.9 Å². The molecule has 1 rings (SSSR count). The van der Waals surface area contributed by atoms with Crippen LogP contribution in [0, 0.1) is 6.92 Å². The number of rotatable bonds is 8. The van der Waals surface area contributed by atoms with Crippen molar-refractivity contribution in [2.45, 2.75) is 39.7 Å². The second-order valence-corrected chi connectivity index (χ2v) is 4.41. The van der Waals surface area contributed by atoms with Gasteiger partial charge in [-0.1, -0.05) is 0 Å². The molecule has 0 fully saturated rings. The minimum absolute atomic E-state index is 0.311. The first kappa shape index (κ1) is 14.7. The van der Waals surface area contributed by atoms with Crippen LogP contribution in [0.2, 0.25) is 0 Å². The first-order valence-electron chi connectivity index (χ1n) is 6.36. The first-order chi connectivity index (χ1) is 8.65. The van der Waals surface area contributed by atoms with Gasteiger partial charge in [0, 0.05) is 13.2 Å². The fraction of sp³-hybridized carbons (Fsp3) is 0.692. The molecule has 18 heavy (non-hydrogen) atoms. The van der Waals surface area contributed by atoms with E-state index in [0.717, 1.165) is 37.4 Å². The standard InChI is InChI=1S/C13H23N3O2/c1-10(2)18-8-6-5-7-14-12-11(3)13(17-4)16-9-15-12/h9-10H,5-8H2,1-4H3,(H,14,15,16). The molecule has 0 bridgehead atoms. The zero-order chi connectivity index (χ0) is 13.4. The van der Waals surface area contributed by atoms with Crippen molar-refractivity contribution in [1.29, 1.82) is 0 Å². The molecule has 0 aromatic carbocycles. The Balaban J connectivity index is 2.27. The van der Waals surface area contributed by atoms with Gasteiger partial charge in [0.1, 0.15) is 12.1 Å². The quantitative estimate of drug-likeness (QED) is 0.721. The summed E-state index contributed by atoms with van der Waals surface area (Å²) in [6, 6.07) is 0. The van der Waals surface area contributed by atoms with Gasteiger partial charge >= 0.3 is 0 Å². The molecule has 0 aliphatic carbocycles. The highest BCUT2D eigenvalue weighted by molar-refractivity contribution is 5.47.